The summed E-state index contributed by atoms with van der Waals surface area (Å²) in [5, 5.41) is 0. The average molecular weight is 364 g/mol. The smallest absolute Gasteiger partial charge is 0.0973 e. The van der Waals surface area contributed by atoms with E-state index in [1.54, 1.807) is 0 Å². The Kier molecular flexibility index (Phi) is 2.66. The second-order valence-electron chi connectivity index (χ2n) is 7.43. The first-order valence-corrected chi connectivity index (χ1v) is 9.01. The van der Waals surface area contributed by atoms with Crippen LogP contribution in [-0.4, -0.2) is 5.71 Å². The molecule has 2 heteroatoms. The third kappa shape index (κ3) is 1.76. The van der Waals surface area contributed by atoms with Crippen molar-refractivity contribution in [3.05, 3.63) is 74.8 Å². The summed E-state index contributed by atoms with van der Waals surface area (Å²) in [5.74, 6) is 0.409. The second kappa shape index (κ2) is 4.45. The summed E-state index contributed by atoms with van der Waals surface area (Å²) >= 11 is 3.64. The van der Waals surface area contributed by atoms with Crippen LogP contribution < -0.4 is 0 Å². The summed E-state index contributed by atoms with van der Waals surface area (Å²) in [6.07, 6.45) is 3.39. The van der Waals surface area contributed by atoms with Gasteiger partial charge in [0, 0.05) is 27.9 Å². The van der Waals surface area contributed by atoms with Crippen LogP contribution in [0.3, 0.4) is 0 Å². The number of hydrogen-bond donors (Lipinski definition) is 0. The molecule has 5 rings (SSSR count). The summed E-state index contributed by atoms with van der Waals surface area (Å²) in [7, 11) is 0. The Morgan fingerprint density at radius 2 is 1.91 bits per heavy atom. The molecule has 2 aliphatic carbocycles. The molecule has 2 aromatic carbocycles. The molecule has 0 saturated heterocycles. The predicted octanol–water partition coefficient (Wildman–Crippen LogP) is 5.71. The van der Waals surface area contributed by atoms with E-state index in [0.717, 1.165) is 6.42 Å². The van der Waals surface area contributed by atoms with Crippen LogP contribution in [0.1, 0.15) is 48.1 Å². The fourth-order valence-electron chi connectivity index (χ4n) is 4.71. The first-order valence-electron chi connectivity index (χ1n) is 8.21. The molecule has 114 valence electrons. The summed E-state index contributed by atoms with van der Waals surface area (Å²) in [6, 6.07) is 15.7. The zero-order valence-electron chi connectivity index (χ0n) is 13.3. The second-order valence-corrected chi connectivity index (χ2v) is 8.34. The van der Waals surface area contributed by atoms with Gasteiger partial charge in [-0.1, -0.05) is 66.2 Å². The van der Waals surface area contributed by atoms with E-state index < -0.39 is 0 Å². The van der Waals surface area contributed by atoms with Gasteiger partial charge in [-0.3, -0.25) is 4.99 Å². The normalized spacial score (nSPS) is 25.9. The summed E-state index contributed by atoms with van der Waals surface area (Å²) < 4.78 is 1.17. The van der Waals surface area contributed by atoms with Crippen LogP contribution in [0.2, 0.25) is 0 Å². The molecule has 0 N–H and O–H groups in total. The maximum Gasteiger partial charge on any atom is 0.0973 e. The zero-order chi connectivity index (χ0) is 15.8. The highest BCUT2D eigenvalue weighted by molar-refractivity contribution is 9.10. The molecular formula is C21H18BrN. The lowest BCUT2D eigenvalue weighted by Gasteiger charge is -2.40. The standard InChI is InChI=1S/C21H18BrN/c1-21(2)17-9-12-5-3-4-6-15(12)20(17)23-18-10-13-7-8-14(22)11-16(13)19(18)21/h3-9,11,19-20H,10H2,1-2H3. The number of fused-ring (bicyclic) bond motifs is 6. The molecule has 3 aliphatic rings. The Morgan fingerprint density at radius 3 is 2.78 bits per heavy atom. The van der Waals surface area contributed by atoms with E-state index in [9.17, 15) is 0 Å². The van der Waals surface area contributed by atoms with Crippen LogP contribution in [0.25, 0.3) is 6.08 Å². The van der Waals surface area contributed by atoms with Gasteiger partial charge in [0.25, 0.3) is 0 Å². The van der Waals surface area contributed by atoms with Crippen molar-refractivity contribution in [3.63, 3.8) is 0 Å². The molecule has 0 radical (unpaired) electrons. The van der Waals surface area contributed by atoms with Crippen molar-refractivity contribution in [2.75, 3.05) is 0 Å². The first kappa shape index (κ1) is 13.7. The Bertz CT molecular complexity index is 904. The van der Waals surface area contributed by atoms with Crippen LogP contribution in [0, 0.1) is 5.41 Å². The molecule has 0 aromatic heterocycles. The number of hydrogen-bond acceptors (Lipinski definition) is 1. The predicted molar refractivity (Wildman–Crippen MR) is 99.0 cm³/mol. The van der Waals surface area contributed by atoms with Gasteiger partial charge in [0.05, 0.1) is 6.04 Å². The molecule has 1 nitrogen and oxygen atoms in total. The van der Waals surface area contributed by atoms with Gasteiger partial charge in [0.15, 0.2) is 0 Å². The lowest BCUT2D eigenvalue weighted by molar-refractivity contribution is 0.381. The Balaban J connectivity index is 1.73. The van der Waals surface area contributed by atoms with E-state index in [0.29, 0.717) is 5.92 Å². The fraction of sp³-hybridized carbons (Fsp3) is 0.286. The lowest BCUT2D eigenvalue weighted by Crippen LogP contribution is -2.34. The summed E-state index contributed by atoms with van der Waals surface area (Å²) in [5.41, 5.74) is 8.56. The molecule has 0 bridgehead atoms. The van der Waals surface area contributed by atoms with E-state index in [1.165, 1.54) is 38.0 Å². The molecule has 0 spiro atoms. The number of halogens is 1. The minimum Gasteiger partial charge on any atom is -0.280 e. The largest absolute Gasteiger partial charge is 0.280 e. The van der Waals surface area contributed by atoms with Gasteiger partial charge >= 0.3 is 0 Å². The number of aliphatic imine (C=N–C) groups is 1. The van der Waals surface area contributed by atoms with Crippen LogP contribution in [-0.2, 0) is 6.42 Å². The van der Waals surface area contributed by atoms with Crippen LogP contribution in [0.4, 0.5) is 0 Å². The van der Waals surface area contributed by atoms with Crippen LogP contribution in [0.15, 0.2) is 57.5 Å². The molecule has 2 unspecified atom stereocenters. The van der Waals surface area contributed by atoms with Crippen LogP contribution >= 0.6 is 15.9 Å². The average Bonchev–Trinajstić information content (AvgIpc) is 3.07. The van der Waals surface area contributed by atoms with E-state index >= 15 is 0 Å². The van der Waals surface area contributed by atoms with Crippen molar-refractivity contribution in [2.45, 2.75) is 32.2 Å². The molecule has 0 amide bonds. The van der Waals surface area contributed by atoms with Crippen molar-refractivity contribution in [3.8, 4) is 0 Å². The molecule has 0 fully saturated rings. The van der Waals surface area contributed by atoms with Crippen molar-refractivity contribution < 1.29 is 0 Å². The number of benzene rings is 2. The molecule has 1 aliphatic heterocycles. The summed E-state index contributed by atoms with van der Waals surface area (Å²) in [6.45, 7) is 4.79. The van der Waals surface area contributed by atoms with Gasteiger partial charge in [-0.2, -0.15) is 0 Å². The zero-order valence-corrected chi connectivity index (χ0v) is 14.9. The molecule has 23 heavy (non-hydrogen) atoms. The van der Waals surface area contributed by atoms with Crippen molar-refractivity contribution in [1.82, 2.24) is 0 Å². The SMILES string of the molecule is CC1(C)C2=Cc3ccccc3C2N=C2Cc3ccc(Br)cc3C21. The third-order valence-electron chi connectivity index (χ3n) is 5.78. The van der Waals surface area contributed by atoms with Crippen molar-refractivity contribution in [1.29, 1.82) is 0 Å². The van der Waals surface area contributed by atoms with E-state index in [1.807, 2.05) is 0 Å². The quantitative estimate of drug-likeness (QED) is 0.568. The van der Waals surface area contributed by atoms with Gasteiger partial charge in [-0.05, 0) is 40.0 Å². The van der Waals surface area contributed by atoms with Crippen molar-refractivity contribution >= 4 is 27.7 Å². The highest BCUT2D eigenvalue weighted by atomic mass is 79.9. The Morgan fingerprint density at radius 1 is 1.09 bits per heavy atom. The first-order chi connectivity index (χ1) is 11.1. The lowest BCUT2D eigenvalue weighted by atomic mass is 9.66. The maximum atomic E-state index is 5.22. The van der Waals surface area contributed by atoms with Gasteiger partial charge in [-0.15, -0.1) is 0 Å². The van der Waals surface area contributed by atoms with E-state index in [2.05, 4.69) is 78.3 Å². The van der Waals surface area contributed by atoms with Gasteiger partial charge in [0.2, 0.25) is 0 Å². The molecule has 0 saturated carbocycles. The third-order valence-corrected chi connectivity index (χ3v) is 6.27. The molecule has 2 aromatic rings. The molecular weight excluding hydrogens is 346 g/mol. The summed E-state index contributed by atoms with van der Waals surface area (Å²) in [4.78, 5) is 5.22. The minimum absolute atomic E-state index is 0.104. The monoisotopic (exact) mass is 363 g/mol. The van der Waals surface area contributed by atoms with E-state index in [4.69, 9.17) is 4.99 Å². The van der Waals surface area contributed by atoms with Gasteiger partial charge in [-0.25, -0.2) is 0 Å². The minimum atomic E-state index is 0.104. The highest BCUT2D eigenvalue weighted by Crippen LogP contribution is 2.58. The highest BCUT2D eigenvalue weighted by Gasteiger charge is 2.49. The maximum absolute atomic E-state index is 5.22. The number of rotatable bonds is 0. The molecule has 1 heterocycles. The molecule has 2 atom stereocenters. The van der Waals surface area contributed by atoms with Crippen molar-refractivity contribution in [2.24, 2.45) is 10.4 Å². The van der Waals surface area contributed by atoms with Gasteiger partial charge < -0.3 is 0 Å². The van der Waals surface area contributed by atoms with E-state index in [-0.39, 0.29) is 11.5 Å². The number of nitrogens with zero attached hydrogens (tertiary/aromatic N) is 1. The topological polar surface area (TPSA) is 12.4 Å². The van der Waals surface area contributed by atoms with Gasteiger partial charge in [0.1, 0.15) is 0 Å². The van der Waals surface area contributed by atoms with Crippen LogP contribution in [0.5, 0.6) is 0 Å². The fourth-order valence-corrected chi connectivity index (χ4v) is 5.09. The Hall–Kier alpha value is -1.67. The Labute approximate surface area is 145 Å².